The zero-order chi connectivity index (χ0) is 21.3. The molecule has 0 atom stereocenters. The molecule has 2 aromatic carbocycles. The first-order valence-electron chi connectivity index (χ1n) is 8.66. The van der Waals surface area contributed by atoms with Crippen LogP contribution < -0.4 is 5.01 Å². The summed E-state index contributed by atoms with van der Waals surface area (Å²) in [5.74, 6) is -0.969. The van der Waals surface area contributed by atoms with E-state index >= 15 is 0 Å². The molecule has 0 unspecified atom stereocenters. The third kappa shape index (κ3) is 4.09. The molecule has 0 saturated heterocycles. The van der Waals surface area contributed by atoms with E-state index in [4.69, 9.17) is 0 Å². The average molecular weight is 440 g/mol. The van der Waals surface area contributed by atoms with Crippen LogP contribution in [-0.2, 0) is 0 Å². The second kappa shape index (κ2) is 8.09. The van der Waals surface area contributed by atoms with Gasteiger partial charge in [0.05, 0.1) is 21.4 Å². The summed E-state index contributed by atoms with van der Waals surface area (Å²) in [7, 11) is 0. The van der Waals surface area contributed by atoms with Gasteiger partial charge in [-0.2, -0.15) is 10.1 Å². The average Bonchev–Trinajstić information content (AvgIpc) is 3.36. The number of aromatic nitrogens is 1. The first-order chi connectivity index (χ1) is 14.4. The largest absolute Gasteiger partial charge is 0.324 e. The van der Waals surface area contributed by atoms with Crippen molar-refractivity contribution >= 4 is 55.1 Å². The van der Waals surface area contributed by atoms with Crippen molar-refractivity contribution in [3.63, 3.8) is 0 Å². The summed E-state index contributed by atoms with van der Waals surface area (Å²) < 4.78 is 14.1. The second-order valence-electron chi connectivity index (χ2n) is 6.28. The smallest absolute Gasteiger partial charge is 0.266 e. The highest BCUT2D eigenvalue weighted by atomic mass is 32.1. The van der Waals surface area contributed by atoms with E-state index in [-0.39, 0.29) is 15.0 Å². The topological polar surface area (TPSA) is 88.7 Å². The minimum absolute atomic E-state index is 0.146. The number of hydrogen-bond donors (Lipinski definition) is 0. The molecule has 0 spiro atoms. The molecule has 0 radical (unpaired) electrons. The van der Waals surface area contributed by atoms with Crippen molar-refractivity contribution < 1.29 is 14.1 Å². The van der Waals surface area contributed by atoms with Crippen molar-refractivity contribution in [1.29, 1.82) is 0 Å². The minimum atomic E-state index is -0.559. The highest BCUT2D eigenvalue weighted by Gasteiger charge is 2.24. The maximum absolute atomic E-state index is 13.6. The Morgan fingerprint density at radius 2 is 1.93 bits per heavy atom. The van der Waals surface area contributed by atoms with Crippen LogP contribution in [0.25, 0.3) is 10.2 Å². The molecule has 10 heteroatoms. The predicted octanol–water partition coefficient (Wildman–Crippen LogP) is 5.39. The number of thiazole rings is 1. The van der Waals surface area contributed by atoms with Crippen molar-refractivity contribution in [3.8, 4) is 0 Å². The van der Waals surface area contributed by atoms with Crippen LogP contribution in [0.4, 0.5) is 14.5 Å². The Bertz CT molecular complexity index is 1280. The number of benzene rings is 2. The Morgan fingerprint density at radius 1 is 1.17 bits per heavy atom. The first-order valence-corrected chi connectivity index (χ1v) is 10.3. The van der Waals surface area contributed by atoms with E-state index in [2.05, 4.69) is 10.1 Å². The van der Waals surface area contributed by atoms with Crippen LogP contribution in [0.5, 0.6) is 0 Å². The van der Waals surface area contributed by atoms with Gasteiger partial charge in [0.25, 0.3) is 5.91 Å². The molecule has 0 fully saturated rings. The predicted molar refractivity (Wildman–Crippen MR) is 116 cm³/mol. The number of amides is 1. The van der Waals surface area contributed by atoms with Crippen LogP contribution in [0.15, 0.2) is 59.7 Å². The minimum Gasteiger partial charge on any atom is -0.266 e. The van der Waals surface area contributed by atoms with E-state index in [9.17, 15) is 19.3 Å². The van der Waals surface area contributed by atoms with Gasteiger partial charge in [-0.05, 0) is 36.8 Å². The van der Waals surface area contributed by atoms with Crippen molar-refractivity contribution in [1.82, 2.24) is 4.98 Å². The van der Waals surface area contributed by atoms with Crippen LogP contribution >= 0.6 is 22.7 Å². The lowest BCUT2D eigenvalue weighted by Gasteiger charge is -2.12. The van der Waals surface area contributed by atoms with E-state index < -0.39 is 16.6 Å². The lowest BCUT2D eigenvalue weighted by molar-refractivity contribution is -0.380. The zero-order valence-electron chi connectivity index (χ0n) is 15.5. The highest BCUT2D eigenvalue weighted by molar-refractivity contribution is 7.22. The second-order valence-corrected chi connectivity index (χ2v) is 8.35. The van der Waals surface area contributed by atoms with Crippen LogP contribution in [0.2, 0.25) is 0 Å². The van der Waals surface area contributed by atoms with Crippen LogP contribution in [0.1, 0.15) is 20.8 Å². The summed E-state index contributed by atoms with van der Waals surface area (Å²) in [6.45, 7) is 1.96. The molecule has 4 aromatic rings. The molecular weight excluding hydrogens is 427 g/mol. The number of halogens is 1. The third-order valence-electron chi connectivity index (χ3n) is 4.09. The summed E-state index contributed by atoms with van der Waals surface area (Å²) in [5.41, 5.74) is 2.37. The van der Waals surface area contributed by atoms with Crippen molar-refractivity contribution in [2.24, 2.45) is 5.10 Å². The number of fused-ring (bicyclic) bond motifs is 1. The van der Waals surface area contributed by atoms with Gasteiger partial charge in [-0.15, -0.1) is 0 Å². The van der Waals surface area contributed by atoms with E-state index in [1.165, 1.54) is 36.5 Å². The van der Waals surface area contributed by atoms with Gasteiger partial charge >= 0.3 is 5.00 Å². The van der Waals surface area contributed by atoms with Crippen molar-refractivity contribution in [2.45, 2.75) is 6.92 Å². The SMILES string of the molecule is Cc1ccc(/C=N/N(C(=O)c2ccc([N+](=O)[O-])s2)c2nc3ccc(F)cc3s2)cc1. The molecule has 0 saturated carbocycles. The van der Waals surface area contributed by atoms with E-state index in [1.807, 2.05) is 31.2 Å². The van der Waals surface area contributed by atoms with Crippen molar-refractivity contribution in [3.05, 3.63) is 86.5 Å². The number of carbonyl (C=O) groups is 1. The molecule has 2 aromatic heterocycles. The fraction of sp³-hybridized carbons (Fsp3) is 0.0500. The number of nitro groups is 1. The summed E-state index contributed by atoms with van der Waals surface area (Å²) in [6.07, 6.45) is 1.51. The third-order valence-corrected chi connectivity index (χ3v) is 6.11. The molecule has 30 heavy (non-hydrogen) atoms. The Labute approximate surface area is 177 Å². The van der Waals surface area contributed by atoms with Gasteiger partial charge in [0.1, 0.15) is 10.7 Å². The molecule has 0 aliphatic rings. The molecule has 7 nitrogen and oxygen atoms in total. The van der Waals surface area contributed by atoms with Crippen LogP contribution in [0.3, 0.4) is 0 Å². The quantitative estimate of drug-likeness (QED) is 0.236. The maximum atomic E-state index is 13.6. The number of rotatable bonds is 5. The van der Waals surface area contributed by atoms with Gasteiger partial charge in [0, 0.05) is 6.07 Å². The number of anilines is 1. The standard InChI is InChI=1S/C20H13FN4O3S2/c1-12-2-4-13(5-3-12)11-22-24(19(26)16-8-9-18(29-16)25(27)28)20-23-15-7-6-14(21)10-17(15)30-20/h2-11H,1H3/b22-11+. The fourth-order valence-electron chi connectivity index (χ4n) is 2.59. The first kappa shape index (κ1) is 19.8. The number of hydrogen-bond acceptors (Lipinski definition) is 7. The molecule has 0 bridgehead atoms. The Hall–Kier alpha value is -3.50. The summed E-state index contributed by atoms with van der Waals surface area (Å²) in [6, 6.07) is 14.3. The van der Waals surface area contributed by atoms with E-state index in [0.29, 0.717) is 10.2 Å². The lowest BCUT2D eigenvalue weighted by atomic mass is 10.2. The Kier molecular flexibility index (Phi) is 5.34. The van der Waals surface area contributed by atoms with Crippen LogP contribution in [-0.4, -0.2) is 22.0 Å². The zero-order valence-corrected chi connectivity index (χ0v) is 17.1. The Balaban J connectivity index is 1.75. The molecule has 2 heterocycles. The lowest BCUT2D eigenvalue weighted by Crippen LogP contribution is -2.24. The van der Waals surface area contributed by atoms with Gasteiger partial charge < -0.3 is 0 Å². The molecule has 150 valence electrons. The normalized spacial score (nSPS) is 11.3. The number of aryl methyl sites for hydroxylation is 1. The molecule has 0 aliphatic carbocycles. The summed E-state index contributed by atoms with van der Waals surface area (Å²) in [5, 5.41) is 16.4. The molecular formula is C20H13FN4O3S2. The monoisotopic (exact) mass is 440 g/mol. The Morgan fingerprint density at radius 3 is 2.63 bits per heavy atom. The van der Waals surface area contributed by atoms with Gasteiger partial charge in [-0.25, -0.2) is 9.37 Å². The van der Waals surface area contributed by atoms with E-state index in [0.717, 1.165) is 38.8 Å². The highest BCUT2D eigenvalue weighted by Crippen LogP contribution is 2.32. The summed E-state index contributed by atoms with van der Waals surface area (Å²) in [4.78, 5) is 28.0. The molecule has 0 aliphatic heterocycles. The number of hydrazone groups is 1. The summed E-state index contributed by atoms with van der Waals surface area (Å²) >= 11 is 1.86. The van der Waals surface area contributed by atoms with Gasteiger partial charge in [0.2, 0.25) is 5.13 Å². The van der Waals surface area contributed by atoms with Crippen LogP contribution in [0, 0.1) is 22.9 Å². The number of thiophene rings is 1. The molecule has 1 amide bonds. The number of nitrogens with zero attached hydrogens (tertiary/aromatic N) is 4. The van der Waals surface area contributed by atoms with Gasteiger partial charge in [-0.1, -0.05) is 52.5 Å². The number of carbonyl (C=O) groups excluding carboxylic acids is 1. The van der Waals surface area contributed by atoms with Crippen molar-refractivity contribution in [2.75, 3.05) is 5.01 Å². The maximum Gasteiger partial charge on any atom is 0.324 e. The fourth-order valence-corrected chi connectivity index (χ4v) is 4.28. The van der Waals surface area contributed by atoms with Gasteiger partial charge in [-0.3, -0.25) is 14.9 Å². The van der Waals surface area contributed by atoms with Gasteiger partial charge in [0.15, 0.2) is 0 Å². The van der Waals surface area contributed by atoms with E-state index in [1.54, 1.807) is 0 Å². The molecule has 0 N–H and O–H groups in total. The molecule has 4 rings (SSSR count).